The van der Waals surface area contributed by atoms with E-state index in [1.54, 1.807) is 16.9 Å². The molecular formula is C17H19N5O2S. The van der Waals surface area contributed by atoms with Crippen LogP contribution in [-0.2, 0) is 4.79 Å². The van der Waals surface area contributed by atoms with Crippen molar-refractivity contribution in [1.82, 2.24) is 20.0 Å². The number of nitrogens with one attached hydrogen (secondary N) is 1. The lowest BCUT2D eigenvalue weighted by Gasteiger charge is -2.11. The van der Waals surface area contributed by atoms with E-state index in [0.29, 0.717) is 16.9 Å². The van der Waals surface area contributed by atoms with E-state index in [1.165, 1.54) is 11.8 Å². The number of rotatable bonds is 6. The summed E-state index contributed by atoms with van der Waals surface area (Å²) in [6.45, 7) is 5.99. The molecule has 0 aliphatic rings. The Morgan fingerprint density at radius 1 is 1.28 bits per heavy atom. The quantitative estimate of drug-likeness (QED) is 0.679. The number of thioether (sulfide) groups is 1. The van der Waals surface area contributed by atoms with Crippen molar-refractivity contribution in [3.8, 4) is 11.5 Å². The van der Waals surface area contributed by atoms with Crippen molar-refractivity contribution in [2.45, 2.75) is 32.0 Å². The molecule has 0 bridgehead atoms. The van der Waals surface area contributed by atoms with E-state index in [0.717, 1.165) is 11.1 Å². The molecule has 0 aliphatic carbocycles. The topological polar surface area (TPSA) is 85.8 Å². The number of carbonyl (C=O) groups excluding carboxylic acids is 1. The predicted octanol–water partition coefficient (Wildman–Crippen LogP) is 3.55. The first-order chi connectivity index (χ1) is 12.0. The Hall–Kier alpha value is -2.61. The van der Waals surface area contributed by atoms with Gasteiger partial charge < -0.3 is 9.73 Å². The van der Waals surface area contributed by atoms with Gasteiger partial charge in [-0.15, -0.1) is 10.2 Å². The number of amides is 1. The zero-order valence-electron chi connectivity index (χ0n) is 14.3. The van der Waals surface area contributed by atoms with Crippen LogP contribution in [0, 0.1) is 6.92 Å². The fourth-order valence-corrected chi connectivity index (χ4v) is 2.88. The first-order valence-corrected chi connectivity index (χ1v) is 8.89. The zero-order chi connectivity index (χ0) is 17.8. The van der Waals surface area contributed by atoms with Crippen molar-refractivity contribution in [3.63, 3.8) is 0 Å². The van der Waals surface area contributed by atoms with E-state index < -0.39 is 0 Å². The van der Waals surface area contributed by atoms with Crippen LogP contribution < -0.4 is 5.32 Å². The monoisotopic (exact) mass is 357 g/mol. The van der Waals surface area contributed by atoms with Gasteiger partial charge in [0.2, 0.25) is 11.8 Å². The molecule has 1 amide bonds. The van der Waals surface area contributed by atoms with Gasteiger partial charge in [-0.05, 0) is 32.4 Å². The van der Waals surface area contributed by atoms with Crippen molar-refractivity contribution >= 4 is 23.5 Å². The molecule has 1 N–H and O–H groups in total. The second-order valence-electron chi connectivity index (χ2n) is 5.78. The Morgan fingerprint density at radius 3 is 2.84 bits per heavy atom. The summed E-state index contributed by atoms with van der Waals surface area (Å²) < 4.78 is 7.40. The molecule has 0 saturated heterocycles. The maximum absolute atomic E-state index is 12.1. The number of benzene rings is 1. The summed E-state index contributed by atoms with van der Waals surface area (Å²) in [4.78, 5) is 12.1. The summed E-state index contributed by atoms with van der Waals surface area (Å²) in [5.74, 6) is 1.16. The number of nitrogens with zero attached hydrogens (tertiary/aromatic N) is 4. The molecule has 0 aliphatic heterocycles. The van der Waals surface area contributed by atoms with Gasteiger partial charge in [0, 0.05) is 17.7 Å². The first-order valence-electron chi connectivity index (χ1n) is 7.90. The number of aryl methyl sites for hydroxylation is 1. The van der Waals surface area contributed by atoms with Crippen LogP contribution >= 0.6 is 11.8 Å². The highest BCUT2D eigenvalue weighted by molar-refractivity contribution is 7.99. The maximum atomic E-state index is 12.1. The fraction of sp³-hybridized carbons (Fsp3) is 0.294. The highest BCUT2D eigenvalue weighted by Crippen LogP contribution is 2.25. The average Bonchev–Trinajstić information content (AvgIpc) is 3.22. The third-order valence-corrected chi connectivity index (χ3v) is 4.35. The van der Waals surface area contributed by atoms with Gasteiger partial charge in [0.05, 0.1) is 11.9 Å². The minimum atomic E-state index is -0.150. The average molecular weight is 357 g/mol. The Labute approximate surface area is 149 Å². The molecule has 25 heavy (non-hydrogen) atoms. The smallest absolute Gasteiger partial charge is 0.277 e. The highest BCUT2D eigenvalue weighted by atomic mass is 32.2. The molecule has 2 heterocycles. The maximum Gasteiger partial charge on any atom is 0.277 e. The summed E-state index contributed by atoms with van der Waals surface area (Å²) >= 11 is 1.20. The summed E-state index contributed by atoms with van der Waals surface area (Å²) in [5.41, 5.74) is 1.95. The molecule has 0 atom stereocenters. The highest BCUT2D eigenvalue weighted by Gasteiger charge is 2.14. The summed E-state index contributed by atoms with van der Waals surface area (Å²) in [6, 6.07) is 9.73. The van der Waals surface area contributed by atoms with Crippen LogP contribution in [0.2, 0.25) is 0 Å². The fourth-order valence-electron chi connectivity index (χ4n) is 2.32. The van der Waals surface area contributed by atoms with E-state index in [1.807, 2.05) is 45.0 Å². The van der Waals surface area contributed by atoms with Gasteiger partial charge >= 0.3 is 0 Å². The third-order valence-electron chi connectivity index (χ3n) is 3.54. The SMILES string of the molecule is Cc1ccccc1-c1nnc(SCC(=O)Nc2ccnn2C(C)C)o1. The zero-order valence-corrected chi connectivity index (χ0v) is 15.1. The summed E-state index contributed by atoms with van der Waals surface area (Å²) in [6.07, 6.45) is 1.66. The predicted molar refractivity (Wildman–Crippen MR) is 96.4 cm³/mol. The molecular weight excluding hydrogens is 338 g/mol. The van der Waals surface area contributed by atoms with Crippen LogP contribution in [0.15, 0.2) is 46.2 Å². The van der Waals surface area contributed by atoms with E-state index in [4.69, 9.17) is 4.42 Å². The van der Waals surface area contributed by atoms with Gasteiger partial charge in [0.1, 0.15) is 5.82 Å². The molecule has 3 rings (SSSR count). The van der Waals surface area contributed by atoms with Gasteiger partial charge in [-0.3, -0.25) is 4.79 Å². The van der Waals surface area contributed by atoms with Gasteiger partial charge in [0.15, 0.2) is 0 Å². The van der Waals surface area contributed by atoms with Crippen LogP contribution in [0.1, 0.15) is 25.5 Å². The van der Waals surface area contributed by atoms with Crippen molar-refractivity contribution < 1.29 is 9.21 Å². The molecule has 8 heteroatoms. The van der Waals surface area contributed by atoms with Gasteiger partial charge in [-0.2, -0.15) is 5.10 Å². The molecule has 0 saturated carbocycles. The molecule has 0 spiro atoms. The number of aromatic nitrogens is 4. The normalized spacial score (nSPS) is 11.0. The van der Waals surface area contributed by atoms with Crippen molar-refractivity contribution in [1.29, 1.82) is 0 Å². The van der Waals surface area contributed by atoms with Crippen molar-refractivity contribution in [2.24, 2.45) is 0 Å². The summed E-state index contributed by atoms with van der Waals surface area (Å²) in [7, 11) is 0. The van der Waals surface area contributed by atoms with Crippen LogP contribution in [0.4, 0.5) is 5.82 Å². The number of hydrogen-bond donors (Lipinski definition) is 1. The second-order valence-corrected chi connectivity index (χ2v) is 6.71. The molecule has 3 aromatic rings. The second kappa shape index (κ2) is 7.52. The first kappa shape index (κ1) is 17.2. The molecule has 0 fully saturated rings. The van der Waals surface area contributed by atoms with E-state index in [-0.39, 0.29) is 17.7 Å². The largest absolute Gasteiger partial charge is 0.411 e. The van der Waals surface area contributed by atoms with Crippen LogP contribution in [0.3, 0.4) is 0 Å². The van der Waals surface area contributed by atoms with Gasteiger partial charge in [-0.25, -0.2) is 4.68 Å². The van der Waals surface area contributed by atoms with Crippen molar-refractivity contribution in [3.05, 3.63) is 42.1 Å². The Kier molecular flexibility index (Phi) is 5.18. The van der Waals surface area contributed by atoms with E-state index in [2.05, 4.69) is 20.6 Å². The molecule has 2 aromatic heterocycles. The van der Waals surface area contributed by atoms with E-state index in [9.17, 15) is 4.79 Å². The lowest BCUT2D eigenvalue weighted by atomic mass is 10.1. The van der Waals surface area contributed by atoms with Gasteiger partial charge in [0.25, 0.3) is 5.22 Å². The van der Waals surface area contributed by atoms with Crippen LogP contribution in [-0.4, -0.2) is 31.6 Å². The minimum Gasteiger partial charge on any atom is -0.411 e. The molecule has 7 nitrogen and oxygen atoms in total. The number of carbonyl (C=O) groups is 1. The van der Waals surface area contributed by atoms with Crippen molar-refractivity contribution in [2.75, 3.05) is 11.1 Å². The number of hydrogen-bond acceptors (Lipinski definition) is 6. The van der Waals surface area contributed by atoms with Crippen LogP contribution in [0.25, 0.3) is 11.5 Å². The van der Waals surface area contributed by atoms with Crippen LogP contribution in [0.5, 0.6) is 0 Å². The molecule has 0 radical (unpaired) electrons. The Balaban J connectivity index is 1.60. The molecule has 130 valence electrons. The molecule has 0 unspecified atom stereocenters. The van der Waals surface area contributed by atoms with Gasteiger partial charge in [-0.1, -0.05) is 30.0 Å². The third kappa shape index (κ3) is 4.08. The standard InChI is InChI=1S/C17H19N5O2S/c1-11(2)22-14(8-9-18-22)19-15(23)10-25-17-21-20-16(24-17)13-7-5-4-6-12(13)3/h4-9,11H,10H2,1-3H3,(H,19,23). The Bertz CT molecular complexity index is 871. The Morgan fingerprint density at radius 2 is 2.08 bits per heavy atom. The number of anilines is 1. The summed E-state index contributed by atoms with van der Waals surface area (Å²) in [5, 5.41) is 15.4. The lowest BCUT2D eigenvalue weighted by Crippen LogP contribution is -2.18. The van der Waals surface area contributed by atoms with E-state index >= 15 is 0 Å². The molecule has 1 aromatic carbocycles. The minimum absolute atomic E-state index is 0.150. The lowest BCUT2D eigenvalue weighted by molar-refractivity contribution is -0.113.